The summed E-state index contributed by atoms with van der Waals surface area (Å²) in [4.78, 5) is 3.73. The van der Waals surface area contributed by atoms with Crippen molar-refractivity contribution in [1.29, 1.82) is 0 Å². The zero-order valence-corrected chi connectivity index (χ0v) is 9.56. The summed E-state index contributed by atoms with van der Waals surface area (Å²) in [5.41, 5.74) is -0.0208. The zero-order valence-electron chi connectivity index (χ0n) is 7.98. The highest BCUT2D eigenvalue weighted by atomic mass is 79.9. The van der Waals surface area contributed by atoms with Crippen LogP contribution in [0.3, 0.4) is 0 Å². The topological polar surface area (TPSA) is 24.9 Å². The van der Waals surface area contributed by atoms with Gasteiger partial charge in [-0.25, -0.2) is 0 Å². The number of hydrogen-bond donors (Lipinski definition) is 1. The second-order valence-corrected chi connectivity index (χ2v) is 3.85. The fourth-order valence-corrected chi connectivity index (χ4v) is 1.38. The van der Waals surface area contributed by atoms with Crippen LogP contribution in [0.2, 0.25) is 0 Å². The van der Waals surface area contributed by atoms with Crippen molar-refractivity contribution in [2.75, 3.05) is 6.54 Å². The van der Waals surface area contributed by atoms with E-state index in [0.29, 0.717) is 4.47 Å². The lowest BCUT2D eigenvalue weighted by atomic mass is 10.2. The number of rotatable bonds is 3. The van der Waals surface area contributed by atoms with Gasteiger partial charge in [0.1, 0.15) is 6.04 Å². The van der Waals surface area contributed by atoms with Crippen LogP contribution in [-0.4, -0.2) is 17.7 Å². The first-order chi connectivity index (χ1) is 6.95. The third-order valence-electron chi connectivity index (χ3n) is 1.78. The Hall–Kier alpha value is -0.620. The molecule has 0 aliphatic rings. The van der Waals surface area contributed by atoms with E-state index < -0.39 is 12.2 Å². The van der Waals surface area contributed by atoms with Crippen LogP contribution >= 0.6 is 15.9 Å². The van der Waals surface area contributed by atoms with Crippen molar-refractivity contribution in [3.63, 3.8) is 0 Å². The maximum atomic E-state index is 12.6. The second kappa shape index (κ2) is 4.94. The van der Waals surface area contributed by atoms with Gasteiger partial charge in [-0.15, -0.1) is 0 Å². The zero-order chi connectivity index (χ0) is 11.5. The Balaban J connectivity index is 2.94. The molecule has 0 spiro atoms. The monoisotopic (exact) mass is 282 g/mol. The quantitative estimate of drug-likeness (QED) is 0.922. The summed E-state index contributed by atoms with van der Waals surface area (Å²) in [6.07, 6.45) is -2.97. The van der Waals surface area contributed by atoms with E-state index in [-0.39, 0.29) is 12.2 Å². The maximum Gasteiger partial charge on any atom is 0.409 e. The van der Waals surface area contributed by atoms with Crippen LogP contribution in [0.15, 0.2) is 22.8 Å². The van der Waals surface area contributed by atoms with Gasteiger partial charge >= 0.3 is 6.18 Å². The highest BCUT2D eigenvalue weighted by Gasteiger charge is 2.41. The largest absolute Gasteiger partial charge is 0.409 e. The normalized spacial score (nSPS) is 13.9. The SMILES string of the molecule is CCN[C@@H](c1ccc(Br)cn1)C(F)(F)F. The molecule has 0 saturated carbocycles. The number of nitrogens with one attached hydrogen (secondary N) is 1. The molecule has 1 N–H and O–H groups in total. The van der Waals surface area contributed by atoms with Gasteiger partial charge in [0.25, 0.3) is 0 Å². The number of halogens is 4. The van der Waals surface area contributed by atoms with Gasteiger partial charge in [-0.05, 0) is 34.6 Å². The predicted octanol–water partition coefficient (Wildman–Crippen LogP) is 3.06. The highest BCUT2D eigenvalue weighted by molar-refractivity contribution is 9.10. The Morgan fingerprint density at radius 2 is 2.13 bits per heavy atom. The molecule has 1 rings (SSSR count). The molecule has 0 amide bonds. The molecule has 0 aromatic carbocycles. The fraction of sp³-hybridized carbons (Fsp3) is 0.444. The Labute approximate surface area is 94.0 Å². The molecule has 1 aromatic rings. The van der Waals surface area contributed by atoms with Crippen molar-refractivity contribution >= 4 is 15.9 Å². The minimum Gasteiger partial charge on any atom is -0.301 e. The minimum absolute atomic E-state index is 0.0208. The third-order valence-corrected chi connectivity index (χ3v) is 2.25. The maximum absolute atomic E-state index is 12.6. The molecule has 6 heteroatoms. The Bertz CT molecular complexity index is 310. The average molecular weight is 283 g/mol. The lowest BCUT2D eigenvalue weighted by molar-refractivity contribution is -0.158. The number of aromatic nitrogens is 1. The van der Waals surface area contributed by atoms with Crippen molar-refractivity contribution in [1.82, 2.24) is 10.3 Å². The molecule has 15 heavy (non-hydrogen) atoms. The molecule has 0 saturated heterocycles. The number of nitrogens with zero attached hydrogens (tertiary/aromatic N) is 1. The predicted molar refractivity (Wildman–Crippen MR) is 54.4 cm³/mol. The Kier molecular flexibility index (Phi) is 4.10. The lowest BCUT2D eigenvalue weighted by Gasteiger charge is -2.20. The van der Waals surface area contributed by atoms with Crippen molar-refractivity contribution < 1.29 is 13.2 Å². The van der Waals surface area contributed by atoms with Crippen molar-refractivity contribution in [2.45, 2.75) is 19.1 Å². The smallest absolute Gasteiger partial charge is 0.301 e. The van der Waals surface area contributed by atoms with Crippen molar-refractivity contribution in [2.24, 2.45) is 0 Å². The Morgan fingerprint density at radius 1 is 1.47 bits per heavy atom. The van der Waals surface area contributed by atoms with E-state index >= 15 is 0 Å². The number of alkyl halides is 3. The van der Waals surface area contributed by atoms with Gasteiger partial charge in [0.2, 0.25) is 0 Å². The molecule has 2 nitrogen and oxygen atoms in total. The van der Waals surface area contributed by atoms with Gasteiger partial charge in [0.15, 0.2) is 0 Å². The van der Waals surface area contributed by atoms with Gasteiger partial charge in [-0.2, -0.15) is 13.2 Å². The van der Waals surface area contributed by atoms with Crippen LogP contribution < -0.4 is 5.32 Å². The first kappa shape index (κ1) is 12.4. The average Bonchev–Trinajstić information content (AvgIpc) is 2.14. The molecule has 0 unspecified atom stereocenters. The molecule has 0 radical (unpaired) electrons. The van der Waals surface area contributed by atoms with Crippen LogP contribution in [0.25, 0.3) is 0 Å². The van der Waals surface area contributed by atoms with Gasteiger partial charge in [-0.3, -0.25) is 4.98 Å². The molecule has 1 aromatic heterocycles. The van der Waals surface area contributed by atoms with Crippen LogP contribution in [0.1, 0.15) is 18.7 Å². The van der Waals surface area contributed by atoms with Crippen LogP contribution in [0, 0.1) is 0 Å². The van der Waals surface area contributed by atoms with Crippen LogP contribution in [0.5, 0.6) is 0 Å². The first-order valence-electron chi connectivity index (χ1n) is 4.36. The first-order valence-corrected chi connectivity index (χ1v) is 5.16. The summed E-state index contributed by atoms with van der Waals surface area (Å²) >= 11 is 3.12. The second-order valence-electron chi connectivity index (χ2n) is 2.93. The fourth-order valence-electron chi connectivity index (χ4n) is 1.15. The van der Waals surface area contributed by atoms with Crippen LogP contribution in [0.4, 0.5) is 13.2 Å². The standard InChI is InChI=1S/C9H10BrF3N2/c1-2-14-8(9(11,12)13)7-4-3-6(10)5-15-7/h3-5,8,14H,2H2,1H3/t8-/m0/s1. The summed E-state index contributed by atoms with van der Waals surface area (Å²) in [7, 11) is 0. The molecular weight excluding hydrogens is 273 g/mol. The van der Waals surface area contributed by atoms with Gasteiger partial charge < -0.3 is 5.32 Å². The number of pyridine rings is 1. The van der Waals surface area contributed by atoms with Crippen LogP contribution in [-0.2, 0) is 0 Å². The molecule has 0 bridgehead atoms. The summed E-state index contributed by atoms with van der Waals surface area (Å²) < 4.78 is 38.4. The van der Waals surface area contributed by atoms with E-state index in [9.17, 15) is 13.2 Å². The van der Waals surface area contributed by atoms with E-state index in [1.807, 2.05) is 0 Å². The van der Waals surface area contributed by atoms with Gasteiger partial charge in [-0.1, -0.05) is 6.92 Å². The number of hydrogen-bond acceptors (Lipinski definition) is 2. The summed E-state index contributed by atoms with van der Waals surface area (Å²) in [5.74, 6) is 0. The Morgan fingerprint density at radius 3 is 2.53 bits per heavy atom. The van der Waals surface area contributed by atoms with Gasteiger partial charge in [0.05, 0.1) is 5.69 Å². The minimum atomic E-state index is -4.32. The molecular formula is C9H10BrF3N2. The molecule has 0 fully saturated rings. The van der Waals surface area contributed by atoms with Gasteiger partial charge in [0, 0.05) is 10.7 Å². The molecule has 84 valence electrons. The lowest BCUT2D eigenvalue weighted by Crippen LogP contribution is -2.34. The molecule has 0 aliphatic heterocycles. The van der Waals surface area contributed by atoms with E-state index in [0.717, 1.165) is 0 Å². The third kappa shape index (κ3) is 3.46. The summed E-state index contributed by atoms with van der Waals surface area (Å²) in [5, 5.41) is 2.36. The van der Waals surface area contributed by atoms with E-state index in [1.54, 1.807) is 13.0 Å². The highest BCUT2D eigenvalue weighted by Crippen LogP contribution is 2.31. The van der Waals surface area contributed by atoms with Crippen molar-refractivity contribution in [3.05, 3.63) is 28.5 Å². The molecule has 0 aliphatic carbocycles. The molecule has 1 atom stereocenters. The summed E-state index contributed by atoms with van der Waals surface area (Å²) in [6.45, 7) is 1.86. The molecule has 1 heterocycles. The van der Waals surface area contributed by atoms with E-state index in [4.69, 9.17) is 0 Å². The van der Waals surface area contributed by atoms with Crippen molar-refractivity contribution in [3.8, 4) is 0 Å². The van der Waals surface area contributed by atoms with E-state index in [2.05, 4.69) is 26.2 Å². The van der Waals surface area contributed by atoms with E-state index in [1.165, 1.54) is 12.3 Å². The summed E-state index contributed by atoms with van der Waals surface area (Å²) in [6, 6.07) is 1.19.